The molecular weight excluding hydrogens is 224 g/mol. The lowest BCUT2D eigenvalue weighted by Gasteiger charge is -1.97. The molecule has 0 amide bonds. The van der Waals surface area contributed by atoms with E-state index in [-0.39, 0.29) is 0 Å². The normalized spacial score (nSPS) is 10.5. The molecule has 2 aromatic rings. The van der Waals surface area contributed by atoms with Gasteiger partial charge in [0.1, 0.15) is 0 Å². The Bertz CT molecular complexity index is 638. The van der Waals surface area contributed by atoms with Crippen molar-refractivity contribution < 1.29 is 0 Å². The van der Waals surface area contributed by atoms with E-state index in [9.17, 15) is 0 Å². The molecule has 0 aliphatic heterocycles. The van der Waals surface area contributed by atoms with Crippen LogP contribution in [0.1, 0.15) is 11.1 Å². The van der Waals surface area contributed by atoms with E-state index in [2.05, 4.69) is 15.2 Å². The van der Waals surface area contributed by atoms with Gasteiger partial charge in [0.25, 0.3) is 0 Å². The number of azo groups is 1. The van der Waals surface area contributed by atoms with Crippen molar-refractivity contribution in [3.63, 3.8) is 0 Å². The lowest BCUT2D eigenvalue weighted by Crippen LogP contribution is -1.73. The quantitative estimate of drug-likeness (QED) is 0.523. The summed E-state index contributed by atoms with van der Waals surface area (Å²) in [5.74, 6) is 0. The molecule has 0 unspecified atom stereocenters. The third-order valence-corrected chi connectivity index (χ3v) is 2.68. The van der Waals surface area contributed by atoms with Gasteiger partial charge in [-0.2, -0.15) is 10.2 Å². The zero-order chi connectivity index (χ0) is 13.0. The maximum Gasteiger partial charge on any atom is 0.388 e. The van der Waals surface area contributed by atoms with E-state index in [1.54, 1.807) is 12.1 Å². The minimum absolute atomic E-state index is 0.546. The Morgan fingerprint density at radius 1 is 0.944 bits per heavy atom. The molecule has 18 heavy (non-hydrogen) atoms. The Balaban J connectivity index is 2.28. The third-order valence-electron chi connectivity index (χ3n) is 2.68. The van der Waals surface area contributed by atoms with Crippen LogP contribution in [0.2, 0.25) is 0 Å². The second-order valence-corrected chi connectivity index (χ2v) is 4.06. The fourth-order valence-electron chi connectivity index (χ4n) is 1.60. The largest absolute Gasteiger partial charge is 0.388 e. The van der Waals surface area contributed by atoms with E-state index in [4.69, 9.17) is 5.39 Å². The Morgan fingerprint density at radius 2 is 1.72 bits per heavy atom. The van der Waals surface area contributed by atoms with Crippen LogP contribution in [0.4, 0.5) is 17.1 Å². The van der Waals surface area contributed by atoms with Crippen molar-refractivity contribution in [2.45, 2.75) is 13.8 Å². The Hall–Kier alpha value is -2.54. The molecule has 0 radical (unpaired) electrons. The van der Waals surface area contributed by atoms with E-state index in [0.29, 0.717) is 5.69 Å². The molecule has 0 atom stereocenters. The molecule has 0 aromatic heterocycles. The van der Waals surface area contributed by atoms with Crippen LogP contribution in [0.5, 0.6) is 0 Å². The van der Waals surface area contributed by atoms with Crippen molar-refractivity contribution in [2.75, 3.05) is 0 Å². The van der Waals surface area contributed by atoms with E-state index >= 15 is 0 Å². The summed E-state index contributed by atoms with van der Waals surface area (Å²) in [5, 5.41) is 17.1. The third kappa shape index (κ3) is 2.58. The molecule has 4 nitrogen and oxygen atoms in total. The van der Waals surface area contributed by atoms with Gasteiger partial charge in [0.15, 0.2) is 4.98 Å². The van der Waals surface area contributed by atoms with Gasteiger partial charge in [0.2, 0.25) is 5.39 Å². The van der Waals surface area contributed by atoms with Gasteiger partial charge in [-0.05, 0) is 37.6 Å². The molecule has 0 aliphatic carbocycles. The molecule has 0 saturated carbocycles. The van der Waals surface area contributed by atoms with Crippen LogP contribution >= 0.6 is 0 Å². The van der Waals surface area contributed by atoms with E-state index in [1.165, 1.54) is 0 Å². The van der Waals surface area contributed by atoms with Gasteiger partial charge in [-0.1, -0.05) is 18.2 Å². The molecule has 88 valence electrons. The Labute approximate surface area is 106 Å². The smallest absolute Gasteiger partial charge is 0.151 e. The van der Waals surface area contributed by atoms with E-state index < -0.39 is 0 Å². The lowest BCUT2D eigenvalue weighted by molar-refractivity contribution is 1.20. The number of rotatable bonds is 2. The van der Waals surface area contributed by atoms with Crippen molar-refractivity contribution in [3.05, 3.63) is 58.6 Å². The molecule has 0 bridgehead atoms. The number of hydrogen-bond acceptors (Lipinski definition) is 3. The highest BCUT2D eigenvalue weighted by Crippen LogP contribution is 2.26. The van der Waals surface area contributed by atoms with Crippen molar-refractivity contribution in [1.82, 2.24) is 0 Å². The highest BCUT2D eigenvalue weighted by Gasteiger charge is 2.09. The second-order valence-electron chi connectivity index (χ2n) is 4.06. The van der Waals surface area contributed by atoms with Crippen LogP contribution < -0.4 is 0 Å². The molecule has 0 heterocycles. The fraction of sp³-hybridized carbons (Fsp3) is 0.143. The summed E-state index contributed by atoms with van der Waals surface area (Å²) in [6.45, 7) is 3.86. The van der Waals surface area contributed by atoms with Gasteiger partial charge in [0.05, 0.1) is 11.4 Å². The number of aryl methyl sites for hydroxylation is 2. The first-order chi connectivity index (χ1) is 8.70. The second kappa shape index (κ2) is 5.19. The summed E-state index contributed by atoms with van der Waals surface area (Å²) in [6, 6.07) is 13.1. The van der Waals surface area contributed by atoms with Crippen molar-refractivity contribution >= 4 is 17.1 Å². The first kappa shape index (κ1) is 11.9. The van der Waals surface area contributed by atoms with Crippen LogP contribution in [-0.4, -0.2) is 0 Å². The first-order valence-corrected chi connectivity index (χ1v) is 5.64. The lowest BCUT2D eigenvalue weighted by atomic mass is 10.2. The first-order valence-electron chi connectivity index (χ1n) is 5.64. The minimum atomic E-state index is 0.546. The summed E-state index contributed by atoms with van der Waals surface area (Å²) in [7, 11) is 0. The molecule has 2 aromatic carbocycles. The highest BCUT2D eigenvalue weighted by molar-refractivity contribution is 5.57. The van der Waals surface area contributed by atoms with Gasteiger partial charge < -0.3 is 0 Å². The fourth-order valence-corrected chi connectivity index (χ4v) is 1.60. The summed E-state index contributed by atoms with van der Waals surface area (Å²) in [6.07, 6.45) is 0. The van der Waals surface area contributed by atoms with Crippen LogP contribution in [-0.2, 0) is 0 Å². The van der Waals surface area contributed by atoms with Crippen LogP contribution in [0.25, 0.3) is 4.98 Å². The van der Waals surface area contributed by atoms with Crippen molar-refractivity contribution in [1.29, 1.82) is 5.39 Å². The minimum Gasteiger partial charge on any atom is -0.151 e. The molecule has 0 N–H and O–H groups in total. The molecule has 2 rings (SSSR count). The number of nitrogens with zero attached hydrogens (tertiary/aromatic N) is 4. The predicted octanol–water partition coefficient (Wildman–Crippen LogP) is 5.20. The predicted molar refractivity (Wildman–Crippen MR) is 71.3 cm³/mol. The van der Waals surface area contributed by atoms with Gasteiger partial charge in [0, 0.05) is 11.6 Å². The topological polar surface area (TPSA) is 52.9 Å². The maximum atomic E-state index is 8.72. The standard InChI is InChI=1S/C14H13N4/c1-10-5-3-4-6-14(10)18-17-12-7-8-13(16-15)11(2)9-12/h3-9H,1-2H3/q+1/b18-17+. The number of hydrogen-bond donors (Lipinski definition) is 0. The number of benzene rings is 2. The number of diazo groups is 1. The summed E-state index contributed by atoms with van der Waals surface area (Å²) in [5.41, 5.74) is 4.08. The van der Waals surface area contributed by atoms with E-state index in [1.807, 2.05) is 44.2 Å². The summed E-state index contributed by atoms with van der Waals surface area (Å²) < 4.78 is 0. The zero-order valence-corrected chi connectivity index (χ0v) is 10.3. The molecule has 0 spiro atoms. The summed E-state index contributed by atoms with van der Waals surface area (Å²) >= 11 is 0. The van der Waals surface area contributed by atoms with Gasteiger partial charge in [-0.25, -0.2) is 0 Å². The average Bonchev–Trinajstić information content (AvgIpc) is 2.38. The summed E-state index contributed by atoms with van der Waals surface area (Å²) in [4.78, 5) is 3.17. The van der Waals surface area contributed by atoms with Gasteiger partial charge in [-0.15, -0.1) is 0 Å². The Kier molecular flexibility index (Phi) is 3.44. The molecular formula is C14H13N4+. The molecule has 0 saturated heterocycles. The van der Waals surface area contributed by atoms with Crippen LogP contribution in [0, 0.1) is 19.2 Å². The van der Waals surface area contributed by atoms with Gasteiger partial charge in [-0.3, -0.25) is 0 Å². The monoisotopic (exact) mass is 237 g/mol. The van der Waals surface area contributed by atoms with Crippen LogP contribution in [0.3, 0.4) is 0 Å². The van der Waals surface area contributed by atoms with E-state index in [0.717, 1.165) is 22.5 Å². The molecule has 0 fully saturated rings. The maximum absolute atomic E-state index is 8.72. The Morgan fingerprint density at radius 3 is 2.39 bits per heavy atom. The molecule has 4 heteroatoms. The van der Waals surface area contributed by atoms with Gasteiger partial charge >= 0.3 is 5.69 Å². The van der Waals surface area contributed by atoms with Crippen molar-refractivity contribution in [3.8, 4) is 0 Å². The SMILES string of the molecule is Cc1ccccc1/N=N/c1ccc([N+]#N)c(C)c1. The molecule has 0 aliphatic rings. The average molecular weight is 237 g/mol. The van der Waals surface area contributed by atoms with Crippen molar-refractivity contribution in [2.24, 2.45) is 10.2 Å². The zero-order valence-electron chi connectivity index (χ0n) is 10.3. The highest BCUT2D eigenvalue weighted by atomic mass is 15.1. The van der Waals surface area contributed by atoms with Crippen LogP contribution in [0.15, 0.2) is 52.7 Å².